The predicted octanol–water partition coefficient (Wildman–Crippen LogP) is 3.07. The van der Waals surface area contributed by atoms with Gasteiger partial charge in [0.15, 0.2) is 0 Å². The Balaban J connectivity index is 2.29. The van der Waals surface area contributed by atoms with Crippen molar-refractivity contribution in [2.75, 3.05) is 11.1 Å². The van der Waals surface area contributed by atoms with Crippen molar-refractivity contribution in [3.8, 4) is 0 Å². The number of hydrogen-bond acceptors (Lipinski definition) is 3. The minimum atomic E-state index is -4.85. The molecule has 0 aliphatic rings. The molecule has 0 bridgehead atoms. The van der Waals surface area contributed by atoms with Gasteiger partial charge in [0, 0.05) is 11.9 Å². The van der Waals surface area contributed by atoms with Gasteiger partial charge in [-0.2, -0.15) is 13.2 Å². The van der Waals surface area contributed by atoms with E-state index in [1.807, 2.05) is 0 Å². The number of benzene rings is 1. The van der Waals surface area contributed by atoms with Crippen LogP contribution in [-0.4, -0.2) is 10.9 Å². The average Bonchev–Trinajstić information content (AvgIpc) is 2.40. The number of amides is 1. The molecule has 2 aromatic rings. The summed E-state index contributed by atoms with van der Waals surface area (Å²) in [7, 11) is 0. The maximum Gasteiger partial charge on any atom is 0.419 e. The average molecular weight is 299 g/mol. The summed E-state index contributed by atoms with van der Waals surface area (Å²) >= 11 is 0. The Bertz CT molecular complexity index is 685. The highest BCUT2D eigenvalue weighted by atomic mass is 19.4. The Kier molecular flexibility index (Phi) is 3.79. The zero-order valence-electron chi connectivity index (χ0n) is 10.4. The van der Waals surface area contributed by atoms with E-state index in [-0.39, 0.29) is 17.1 Å². The number of carbonyl (C=O) groups excluding carboxylic acids is 1. The largest absolute Gasteiger partial charge is 0.419 e. The Labute approximate surface area is 116 Å². The molecule has 1 aromatic heterocycles. The van der Waals surface area contributed by atoms with E-state index in [0.717, 1.165) is 6.07 Å². The minimum Gasteiger partial charge on any atom is -0.383 e. The third kappa shape index (κ3) is 3.28. The number of nitrogens with one attached hydrogen (secondary N) is 1. The first kappa shape index (κ1) is 14.8. The summed E-state index contributed by atoms with van der Waals surface area (Å²) in [5.41, 5.74) is 3.84. The number of pyridine rings is 1. The first-order chi connectivity index (χ1) is 9.79. The molecule has 0 unspecified atom stereocenters. The highest BCUT2D eigenvalue weighted by Crippen LogP contribution is 2.33. The van der Waals surface area contributed by atoms with Gasteiger partial charge in [-0.3, -0.25) is 4.79 Å². The van der Waals surface area contributed by atoms with Gasteiger partial charge in [-0.15, -0.1) is 0 Å². The number of carbonyl (C=O) groups is 1. The molecule has 0 radical (unpaired) electrons. The molecule has 0 saturated carbocycles. The second-order valence-electron chi connectivity index (χ2n) is 4.08. The van der Waals surface area contributed by atoms with Gasteiger partial charge in [-0.25, -0.2) is 9.37 Å². The van der Waals surface area contributed by atoms with Crippen LogP contribution >= 0.6 is 0 Å². The fourth-order valence-electron chi connectivity index (χ4n) is 1.63. The molecule has 0 aliphatic heterocycles. The summed E-state index contributed by atoms with van der Waals surface area (Å²) in [6.45, 7) is 0. The summed E-state index contributed by atoms with van der Waals surface area (Å²) in [5.74, 6) is -2.21. The van der Waals surface area contributed by atoms with Crippen LogP contribution in [0.25, 0.3) is 0 Å². The SMILES string of the molecule is Nc1ncccc1C(=O)Nc1ccc(F)c(C(F)(F)F)c1. The van der Waals surface area contributed by atoms with Crippen LogP contribution in [0.3, 0.4) is 0 Å². The van der Waals surface area contributed by atoms with Crippen molar-refractivity contribution < 1.29 is 22.4 Å². The lowest BCUT2D eigenvalue weighted by Gasteiger charge is -2.11. The third-order valence-corrected chi connectivity index (χ3v) is 2.61. The van der Waals surface area contributed by atoms with Crippen molar-refractivity contribution in [1.29, 1.82) is 0 Å². The van der Waals surface area contributed by atoms with Crippen LogP contribution in [0.15, 0.2) is 36.5 Å². The minimum absolute atomic E-state index is 0.00961. The molecule has 0 atom stereocenters. The molecule has 110 valence electrons. The van der Waals surface area contributed by atoms with Crippen molar-refractivity contribution >= 4 is 17.4 Å². The lowest BCUT2D eigenvalue weighted by Crippen LogP contribution is -2.16. The van der Waals surface area contributed by atoms with E-state index in [9.17, 15) is 22.4 Å². The molecule has 3 N–H and O–H groups in total. The maximum atomic E-state index is 13.1. The van der Waals surface area contributed by atoms with Crippen LogP contribution < -0.4 is 11.1 Å². The lowest BCUT2D eigenvalue weighted by atomic mass is 10.1. The van der Waals surface area contributed by atoms with Crippen molar-refractivity contribution in [3.05, 3.63) is 53.5 Å². The fourth-order valence-corrected chi connectivity index (χ4v) is 1.63. The van der Waals surface area contributed by atoms with E-state index in [2.05, 4.69) is 10.3 Å². The summed E-state index contributed by atoms with van der Waals surface area (Å²) in [5, 5.41) is 2.21. The summed E-state index contributed by atoms with van der Waals surface area (Å²) in [6.07, 6.45) is -3.48. The zero-order valence-corrected chi connectivity index (χ0v) is 10.4. The van der Waals surface area contributed by atoms with Gasteiger partial charge in [-0.1, -0.05) is 0 Å². The number of rotatable bonds is 2. The van der Waals surface area contributed by atoms with Crippen molar-refractivity contribution in [3.63, 3.8) is 0 Å². The Morgan fingerprint density at radius 2 is 1.95 bits per heavy atom. The molecular formula is C13H9F4N3O. The number of alkyl halides is 3. The van der Waals surface area contributed by atoms with Crippen LogP contribution in [-0.2, 0) is 6.18 Å². The molecule has 0 aliphatic carbocycles. The molecule has 8 heteroatoms. The van der Waals surface area contributed by atoms with Crippen LogP contribution in [0.2, 0.25) is 0 Å². The molecule has 1 amide bonds. The van der Waals surface area contributed by atoms with E-state index < -0.39 is 23.5 Å². The summed E-state index contributed by atoms with van der Waals surface area (Å²) in [4.78, 5) is 15.6. The molecular weight excluding hydrogens is 290 g/mol. The standard InChI is InChI=1S/C13H9F4N3O/c14-10-4-3-7(6-9(10)13(15,16)17)20-12(21)8-2-1-5-19-11(8)18/h1-6H,(H2,18,19)(H,20,21). The smallest absolute Gasteiger partial charge is 0.383 e. The lowest BCUT2D eigenvalue weighted by molar-refractivity contribution is -0.139. The highest BCUT2D eigenvalue weighted by Gasteiger charge is 2.34. The third-order valence-electron chi connectivity index (χ3n) is 2.61. The number of hydrogen-bond donors (Lipinski definition) is 2. The van der Waals surface area contributed by atoms with E-state index in [0.29, 0.717) is 12.1 Å². The van der Waals surface area contributed by atoms with Crippen molar-refractivity contribution in [2.45, 2.75) is 6.18 Å². The van der Waals surface area contributed by atoms with Gasteiger partial charge in [0.2, 0.25) is 0 Å². The molecule has 4 nitrogen and oxygen atoms in total. The molecule has 0 spiro atoms. The van der Waals surface area contributed by atoms with Gasteiger partial charge in [0.25, 0.3) is 5.91 Å². The zero-order chi connectivity index (χ0) is 15.6. The normalized spacial score (nSPS) is 11.2. The molecule has 1 heterocycles. The Morgan fingerprint density at radius 3 is 2.57 bits per heavy atom. The van der Waals surface area contributed by atoms with Crippen LogP contribution in [0, 0.1) is 5.82 Å². The second kappa shape index (κ2) is 5.39. The second-order valence-corrected chi connectivity index (χ2v) is 4.08. The van der Waals surface area contributed by atoms with Gasteiger partial charge >= 0.3 is 6.18 Å². The topological polar surface area (TPSA) is 68.0 Å². The van der Waals surface area contributed by atoms with Crippen molar-refractivity contribution in [2.24, 2.45) is 0 Å². The number of nitrogens with two attached hydrogens (primary N) is 1. The Morgan fingerprint density at radius 1 is 1.24 bits per heavy atom. The van der Waals surface area contributed by atoms with E-state index in [1.165, 1.54) is 18.3 Å². The van der Waals surface area contributed by atoms with E-state index in [1.54, 1.807) is 0 Å². The fraction of sp³-hybridized carbons (Fsp3) is 0.0769. The maximum absolute atomic E-state index is 13.1. The molecule has 0 fully saturated rings. The van der Waals surface area contributed by atoms with Crippen molar-refractivity contribution in [1.82, 2.24) is 4.98 Å². The van der Waals surface area contributed by atoms with Crippen LogP contribution in [0.1, 0.15) is 15.9 Å². The number of nitrogen functional groups attached to an aromatic ring is 1. The van der Waals surface area contributed by atoms with Gasteiger partial charge in [0.05, 0.1) is 11.1 Å². The molecule has 1 aromatic carbocycles. The number of nitrogens with zero attached hydrogens (tertiary/aromatic N) is 1. The Hall–Kier alpha value is -2.64. The monoisotopic (exact) mass is 299 g/mol. The van der Waals surface area contributed by atoms with E-state index in [4.69, 9.17) is 5.73 Å². The number of halogens is 4. The van der Waals surface area contributed by atoms with Gasteiger partial charge in [-0.05, 0) is 30.3 Å². The highest BCUT2D eigenvalue weighted by molar-refractivity contribution is 6.07. The van der Waals surface area contributed by atoms with E-state index >= 15 is 0 Å². The summed E-state index contributed by atoms with van der Waals surface area (Å²) < 4.78 is 50.8. The first-order valence-corrected chi connectivity index (χ1v) is 5.67. The predicted molar refractivity (Wildman–Crippen MR) is 68.0 cm³/mol. The van der Waals surface area contributed by atoms with Gasteiger partial charge < -0.3 is 11.1 Å². The molecule has 21 heavy (non-hydrogen) atoms. The van der Waals surface area contributed by atoms with Gasteiger partial charge in [0.1, 0.15) is 11.6 Å². The summed E-state index contributed by atoms with van der Waals surface area (Å²) in [6, 6.07) is 4.99. The number of aromatic nitrogens is 1. The number of anilines is 2. The molecule has 2 rings (SSSR count). The quantitative estimate of drug-likeness (QED) is 0.837. The van der Waals surface area contributed by atoms with Crippen LogP contribution in [0.5, 0.6) is 0 Å². The molecule has 0 saturated heterocycles. The first-order valence-electron chi connectivity index (χ1n) is 5.67. The van der Waals surface area contributed by atoms with Crippen LogP contribution in [0.4, 0.5) is 29.1 Å².